The minimum absolute atomic E-state index is 0.213. The highest BCUT2D eigenvalue weighted by molar-refractivity contribution is 6.35. The lowest BCUT2D eigenvalue weighted by Crippen LogP contribution is -2.31. The highest BCUT2D eigenvalue weighted by atomic mass is 35.5. The van der Waals surface area contributed by atoms with Crippen molar-refractivity contribution in [2.45, 2.75) is 26.5 Å². The van der Waals surface area contributed by atoms with Crippen molar-refractivity contribution in [1.82, 2.24) is 14.8 Å². The topological polar surface area (TPSA) is 109 Å². The van der Waals surface area contributed by atoms with Crippen molar-refractivity contribution in [3.05, 3.63) is 93.4 Å². The number of nitrogens with zero attached hydrogens (tertiary/aromatic N) is 3. The zero-order chi connectivity index (χ0) is 29.8. The molecule has 0 fully saturated rings. The van der Waals surface area contributed by atoms with Crippen LogP contribution >= 0.6 is 23.2 Å². The summed E-state index contributed by atoms with van der Waals surface area (Å²) in [5, 5.41) is 11.6. The van der Waals surface area contributed by atoms with Gasteiger partial charge in [0.25, 0.3) is 5.91 Å². The van der Waals surface area contributed by atoms with E-state index >= 15 is 0 Å². The maximum absolute atomic E-state index is 13.9. The minimum atomic E-state index is -0.626. The molecule has 1 amide bonds. The quantitative estimate of drug-likeness (QED) is 0.209. The predicted octanol–water partition coefficient (Wildman–Crippen LogP) is 6.51. The van der Waals surface area contributed by atoms with Gasteiger partial charge in [-0.1, -0.05) is 35.3 Å². The molecule has 0 radical (unpaired) electrons. The summed E-state index contributed by atoms with van der Waals surface area (Å²) in [6.07, 6.45) is 1.44. The molecule has 0 aliphatic carbocycles. The summed E-state index contributed by atoms with van der Waals surface area (Å²) in [4.78, 5) is 18.2. The smallest absolute Gasteiger partial charge is 0.255 e. The van der Waals surface area contributed by atoms with E-state index < -0.39 is 6.04 Å². The third kappa shape index (κ3) is 5.95. The third-order valence-corrected chi connectivity index (χ3v) is 7.26. The molecule has 0 spiro atoms. The lowest BCUT2D eigenvalue weighted by Gasteiger charge is -2.29. The van der Waals surface area contributed by atoms with E-state index in [1.165, 1.54) is 13.4 Å². The maximum Gasteiger partial charge on any atom is 0.255 e. The number of methoxy groups -OCH3 is 2. The van der Waals surface area contributed by atoms with Gasteiger partial charge in [0.15, 0.2) is 11.5 Å². The minimum Gasteiger partial charge on any atom is -0.497 e. The number of hydrogen-bond acceptors (Lipinski definition) is 8. The van der Waals surface area contributed by atoms with Crippen molar-refractivity contribution in [3.63, 3.8) is 0 Å². The molecule has 42 heavy (non-hydrogen) atoms. The second kappa shape index (κ2) is 12.6. The number of rotatable bonds is 10. The predicted molar refractivity (Wildman–Crippen MR) is 161 cm³/mol. The van der Waals surface area contributed by atoms with Gasteiger partial charge < -0.3 is 29.6 Å². The second-order valence-corrected chi connectivity index (χ2v) is 10.1. The van der Waals surface area contributed by atoms with E-state index in [0.717, 1.165) is 11.1 Å². The summed E-state index contributed by atoms with van der Waals surface area (Å²) in [6, 6.07) is 15.3. The first-order valence-corrected chi connectivity index (χ1v) is 13.8. The molecule has 12 heteroatoms. The van der Waals surface area contributed by atoms with E-state index in [2.05, 4.69) is 20.7 Å². The molecule has 0 unspecified atom stereocenters. The Bertz CT molecular complexity index is 1660. The first-order chi connectivity index (χ1) is 20.3. The zero-order valence-electron chi connectivity index (χ0n) is 23.4. The number of hydrogen-bond donors (Lipinski definition) is 2. The fourth-order valence-corrected chi connectivity index (χ4v) is 5.13. The largest absolute Gasteiger partial charge is 0.497 e. The molecule has 0 saturated carbocycles. The molecular formula is C30H29Cl2N5O5. The van der Waals surface area contributed by atoms with E-state index in [4.69, 9.17) is 42.1 Å². The van der Waals surface area contributed by atoms with Crippen molar-refractivity contribution in [2.75, 3.05) is 31.5 Å². The van der Waals surface area contributed by atoms with E-state index in [9.17, 15) is 4.79 Å². The van der Waals surface area contributed by atoms with Crippen LogP contribution in [-0.2, 0) is 11.4 Å². The molecule has 3 aromatic carbocycles. The van der Waals surface area contributed by atoms with E-state index in [-0.39, 0.29) is 12.5 Å². The van der Waals surface area contributed by atoms with Crippen molar-refractivity contribution < 1.29 is 23.7 Å². The van der Waals surface area contributed by atoms with Gasteiger partial charge in [0.1, 0.15) is 30.5 Å². The van der Waals surface area contributed by atoms with Crippen LogP contribution in [0.25, 0.3) is 0 Å². The van der Waals surface area contributed by atoms with Crippen LogP contribution in [0.4, 0.5) is 11.6 Å². The number of fused-ring (bicyclic) bond motifs is 1. The molecule has 1 aliphatic rings. The van der Waals surface area contributed by atoms with Crippen molar-refractivity contribution in [3.8, 4) is 23.0 Å². The zero-order valence-corrected chi connectivity index (χ0v) is 24.9. The van der Waals surface area contributed by atoms with E-state index in [1.807, 2.05) is 32.0 Å². The molecule has 10 nitrogen and oxygen atoms in total. The average molecular weight is 610 g/mol. The number of allylic oxidation sites excluding steroid dienone is 1. The molecule has 2 N–H and O–H groups in total. The number of anilines is 2. The Morgan fingerprint density at radius 3 is 2.55 bits per heavy atom. The van der Waals surface area contributed by atoms with Crippen LogP contribution in [0.15, 0.2) is 72.2 Å². The van der Waals surface area contributed by atoms with Crippen molar-refractivity contribution in [2.24, 2.45) is 0 Å². The second-order valence-electron chi connectivity index (χ2n) is 9.28. The van der Waals surface area contributed by atoms with Crippen LogP contribution in [0.2, 0.25) is 10.0 Å². The van der Waals surface area contributed by atoms with Crippen LogP contribution in [-0.4, -0.2) is 41.5 Å². The Morgan fingerprint density at radius 2 is 1.81 bits per heavy atom. The van der Waals surface area contributed by atoms with E-state index in [0.29, 0.717) is 62.6 Å². The highest BCUT2D eigenvalue weighted by Crippen LogP contribution is 2.40. The number of carbonyl (C=O) groups excluding carboxylic acids is 1. The Morgan fingerprint density at radius 1 is 1.00 bits per heavy atom. The molecule has 0 saturated heterocycles. The lowest BCUT2D eigenvalue weighted by atomic mass is 9.94. The molecule has 4 aromatic rings. The van der Waals surface area contributed by atoms with Gasteiger partial charge in [0, 0.05) is 27.4 Å². The molecular weight excluding hydrogens is 581 g/mol. The van der Waals surface area contributed by atoms with E-state index in [1.54, 1.807) is 48.2 Å². The monoisotopic (exact) mass is 609 g/mol. The lowest BCUT2D eigenvalue weighted by molar-refractivity contribution is -0.113. The number of carbonyl (C=O) groups is 1. The average Bonchev–Trinajstić information content (AvgIpc) is 3.44. The van der Waals surface area contributed by atoms with Crippen LogP contribution in [0.5, 0.6) is 23.0 Å². The summed E-state index contributed by atoms with van der Waals surface area (Å²) < 4.78 is 24.5. The fourth-order valence-electron chi connectivity index (χ4n) is 4.67. The van der Waals surface area contributed by atoms with Crippen LogP contribution in [0.1, 0.15) is 31.0 Å². The standard InChI is InChI=1S/C30H29Cl2N5O5/c1-5-41-26-12-18(7-10-25(26)42-15-19-6-8-20(31)13-22(19)32)28-27(17(2)35-30-33-16-34-37(28)30)29(38)36-23-14-21(39-3)9-11-24(23)40-4/h6-14,16,28H,5,15H2,1-4H3,(H,36,38)(H,33,34,35)/t28-/m1/s1. The first-order valence-electron chi connectivity index (χ1n) is 13.1. The summed E-state index contributed by atoms with van der Waals surface area (Å²) in [6.45, 7) is 4.32. The fraction of sp³-hybridized carbons (Fsp3) is 0.233. The van der Waals surface area contributed by atoms with Crippen LogP contribution in [0, 0.1) is 0 Å². The maximum atomic E-state index is 13.9. The number of ether oxygens (including phenoxy) is 4. The Labute approximate surface area is 253 Å². The molecule has 0 bridgehead atoms. The van der Waals surface area contributed by atoms with Gasteiger partial charge in [-0.05, 0) is 55.8 Å². The van der Waals surface area contributed by atoms with Gasteiger partial charge in [-0.25, -0.2) is 4.68 Å². The summed E-state index contributed by atoms with van der Waals surface area (Å²) in [7, 11) is 3.09. The van der Waals surface area contributed by atoms with Gasteiger partial charge in [-0.15, -0.1) is 0 Å². The molecule has 2 heterocycles. The summed E-state index contributed by atoms with van der Waals surface area (Å²) in [5.41, 5.74) is 3.04. The first kappa shape index (κ1) is 29.1. The SMILES string of the molecule is CCOc1cc([C@@H]2C(C(=O)Nc3cc(OC)ccc3OC)=C(C)Nc3ncnn32)ccc1OCc1ccc(Cl)cc1Cl. The molecule has 1 aromatic heterocycles. The Balaban J connectivity index is 1.50. The van der Waals surface area contributed by atoms with Gasteiger partial charge in [0.2, 0.25) is 5.95 Å². The Hall–Kier alpha value is -4.41. The molecule has 5 rings (SSSR count). The van der Waals surface area contributed by atoms with Gasteiger partial charge in [-0.3, -0.25) is 4.79 Å². The normalized spacial score (nSPS) is 14.1. The van der Waals surface area contributed by atoms with Gasteiger partial charge in [-0.2, -0.15) is 10.1 Å². The van der Waals surface area contributed by atoms with Crippen molar-refractivity contribution >= 4 is 40.7 Å². The highest BCUT2D eigenvalue weighted by Gasteiger charge is 2.34. The van der Waals surface area contributed by atoms with Crippen LogP contribution < -0.4 is 29.6 Å². The van der Waals surface area contributed by atoms with Crippen molar-refractivity contribution in [1.29, 1.82) is 0 Å². The number of aromatic nitrogens is 3. The molecule has 1 atom stereocenters. The number of nitrogens with one attached hydrogen (secondary N) is 2. The Kier molecular flexibility index (Phi) is 8.75. The summed E-state index contributed by atoms with van der Waals surface area (Å²) in [5.74, 6) is 2.24. The number of benzene rings is 3. The number of amides is 1. The molecule has 218 valence electrons. The third-order valence-electron chi connectivity index (χ3n) is 6.68. The van der Waals surface area contributed by atoms with Gasteiger partial charge in [0.05, 0.1) is 32.1 Å². The van der Waals surface area contributed by atoms with Gasteiger partial charge >= 0.3 is 0 Å². The summed E-state index contributed by atoms with van der Waals surface area (Å²) >= 11 is 12.4. The van der Waals surface area contributed by atoms with Crippen LogP contribution in [0.3, 0.4) is 0 Å². The number of halogens is 2. The molecule has 1 aliphatic heterocycles.